The quantitative estimate of drug-likeness (QED) is 0.804. The van der Waals surface area contributed by atoms with E-state index in [0.29, 0.717) is 0 Å². The van der Waals surface area contributed by atoms with E-state index in [1.807, 2.05) is 6.07 Å². The van der Waals surface area contributed by atoms with Gasteiger partial charge in [0.1, 0.15) is 5.82 Å². The Morgan fingerprint density at radius 2 is 1.89 bits per heavy atom. The Balaban J connectivity index is 2.67. The van der Waals surface area contributed by atoms with E-state index in [4.69, 9.17) is 4.98 Å². The van der Waals surface area contributed by atoms with E-state index in [9.17, 15) is 0 Å². The number of anilines is 1. The van der Waals surface area contributed by atoms with Crippen LogP contribution in [0.15, 0.2) is 27.1 Å². The molecule has 0 amide bonds. The van der Waals surface area contributed by atoms with Crippen molar-refractivity contribution in [3.05, 3.63) is 32.7 Å². The number of aromatic nitrogens is 1. The van der Waals surface area contributed by atoms with Crippen LogP contribution >= 0.6 is 31.9 Å². The first kappa shape index (κ1) is 13.8. The van der Waals surface area contributed by atoms with Crippen molar-refractivity contribution in [3.63, 3.8) is 0 Å². The molecule has 0 aliphatic heterocycles. The van der Waals surface area contributed by atoms with Gasteiger partial charge in [-0.1, -0.05) is 29.3 Å². The summed E-state index contributed by atoms with van der Waals surface area (Å²) in [7, 11) is 0. The Bertz CT molecular complexity index is 517. The molecule has 0 aliphatic carbocycles. The molecule has 1 N–H and O–H groups in total. The van der Waals surface area contributed by atoms with Crippen molar-refractivity contribution in [3.8, 4) is 0 Å². The van der Waals surface area contributed by atoms with Crippen molar-refractivity contribution in [1.29, 1.82) is 0 Å². The van der Waals surface area contributed by atoms with Gasteiger partial charge in [-0.05, 0) is 53.0 Å². The minimum Gasteiger partial charge on any atom is -0.370 e. The lowest BCUT2D eigenvalue weighted by Crippen LogP contribution is -2.04. The molecule has 2 aromatic rings. The van der Waals surface area contributed by atoms with Gasteiger partial charge in [-0.2, -0.15) is 0 Å². The highest BCUT2D eigenvalue weighted by Gasteiger charge is 2.10. The lowest BCUT2D eigenvalue weighted by atomic mass is 10.1. The molecule has 1 heterocycles. The van der Waals surface area contributed by atoms with Crippen molar-refractivity contribution in [2.24, 2.45) is 0 Å². The zero-order chi connectivity index (χ0) is 13.1. The average molecular weight is 372 g/mol. The van der Waals surface area contributed by atoms with E-state index >= 15 is 0 Å². The highest BCUT2D eigenvalue weighted by Crippen LogP contribution is 2.32. The van der Waals surface area contributed by atoms with E-state index < -0.39 is 0 Å². The van der Waals surface area contributed by atoms with Crippen LogP contribution in [0.4, 0.5) is 5.82 Å². The summed E-state index contributed by atoms with van der Waals surface area (Å²) in [5.41, 5.74) is 2.28. The van der Waals surface area contributed by atoms with E-state index in [1.54, 1.807) is 0 Å². The van der Waals surface area contributed by atoms with E-state index in [-0.39, 0.29) is 0 Å². The predicted octanol–water partition coefficient (Wildman–Crippen LogP) is 5.14. The summed E-state index contributed by atoms with van der Waals surface area (Å²) in [5, 5.41) is 4.51. The van der Waals surface area contributed by atoms with Crippen LogP contribution in [0.5, 0.6) is 0 Å². The van der Waals surface area contributed by atoms with E-state index in [2.05, 4.69) is 63.2 Å². The van der Waals surface area contributed by atoms with Crippen LogP contribution < -0.4 is 5.32 Å². The molecule has 4 heteroatoms. The number of benzene rings is 1. The number of fused-ring (bicyclic) bond motifs is 1. The van der Waals surface area contributed by atoms with Gasteiger partial charge in [0, 0.05) is 20.9 Å². The van der Waals surface area contributed by atoms with Gasteiger partial charge in [-0.15, -0.1) is 0 Å². The number of hydrogen-bond acceptors (Lipinski definition) is 2. The second-order valence-corrected chi connectivity index (χ2v) is 5.91. The summed E-state index contributed by atoms with van der Waals surface area (Å²) < 4.78 is 2.12. The molecule has 1 aromatic carbocycles. The van der Waals surface area contributed by atoms with Gasteiger partial charge in [0.05, 0.1) is 5.52 Å². The summed E-state index contributed by atoms with van der Waals surface area (Å²) in [6.07, 6.45) is 2.17. The van der Waals surface area contributed by atoms with Crippen molar-refractivity contribution in [1.82, 2.24) is 4.98 Å². The van der Waals surface area contributed by atoms with Crippen molar-refractivity contribution in [2.45, 2.75) is 26.7 Å². The molecular formula is C14H16Br2N2. The number of halogens is 2. The standard InChI is InChI=1S/C14H16Br2N2/c1-3-5-9-8-10-11(15)6-7-12(16)13(10)18-14(9)17-4-2/h6-8H,3-5H2,1-2H3,(H,17,18). The molecule has 0 fully saturated rings. The summed E-state index contributed by atoms with van der Waals surface area (Å²) in [4.78, 5) is 4.76. The Labute approximate surface area is 124 Å². The fourth-order valence-electron chi connectivity index (χ4n) is 2.01. The molecule has 0 saturated heterocycles. The van der Waals surface area contributed by atoms with Crippen LogP contribution in [-0.2, 0) is 6.42 Å². The van der Waals surface area contributed by atoms with E-state index in [0.717, 1.165) is 45.1 Å². The normalized spacial score (nSPS) is 10.9. The molecule has 2 nitrogen and oxygen atoms in total. The van der Waals surface area contributed by atoms with Gasteiger partial charge in [0.15, 0.2) is 0 Å². The fourth-order valence-corrected chi connectivity index (χ4v) is 2.88. The van der Waals surface area contributed by atoms with Crippen LogP contribution in [-0.4, -0.2) is 11.5 Å². The van der Waals surface area contributed by atoms with Crippen molar-refractivity contribution < 1.29 is 0 Å². The molecule has 18 heavy (non-hydrogen) atoms. The Morgan fingerprint density at radius 3 is 2.56 bits per heavy atom. The Morgan fingerprint density at radius 1 is 1.17 bits per heavy atom. The van der Waals surface area contributed by atoms with Gasteiger partial charge in [0.2, 0.25) is 0 Å². The first-order valence-corrected chi connectivity index (χ1v) is 7.77. The predicted molar refractivity (Wildman–Crippen MR) is 85.3 cm³/mol. The number of nitrogens with one attached hydrogen (secondary N) is 1. The SMILES string of the molecule is CCCc1cc2c(Br)ccc(Br)c2nc1NCC. The molecule has 0 unspecified atom stereocenters. The number of rotatable bonds is 4. The van der Waals surface area contributed by atoms with Crippen LogP contribution in [0.1, 0.15) is 25.8 Å². The summed E-state index contributed by atoms with van der Waals surface area (Å²) >= 11 is 7.17. The highest BCUT2D eigenvalue weighted by molar-refractivity contribution is 9.11. The van der Waals surface area contributed by atoms with Gasteiger partial charge in [-0.3, -0.25) is 0 Å². The van der Waals surface area contributed by atoms with E-state index in [1.165, 1.54) is 5.56 Å². The molecule has 0 spiro atoms. The van der Waals surface area contributed by atoms with Gasteiger partial charge >= 0.3 is 0 Å². The fraction of sp³-hybridized carbons (Fsp3) is 0.357. The second-order valence-electron chi connectivity index (χ2n) is 4.20. The first-order valence-electron chi connectivity index (χ1n) is 6.18. The third-order valence-electron chi connectivity index (χ3n) is 2.82. The Hall–Kier alpha value is -0.610. The number of aryl methyl sites for hydroxylation is 1. The van der Waals surface area contributed by atoms with Gasteiger partial charge < -0.3 is 5.32 Å². The number of hydrogen-bond donors (Lipinski definition) is 1. The van der Waals surface area contributed by atoms with Gasteiger partial charge in [0.25, 0.3) is 0 Å². The third-order valence-corrected chi connectivity index (χ3v) is 4.16. The molecule has 0 saturated carbocycles. The van der Waals surface area contributed by atoms with Crippen LogP contribution in [0.2, 0.25) is 0 Å². The summed E-state index contributed by atoms with van der Waals surface area (Å²) in [6.45, 7) is 5.17. The summed E-state index contributed by atoms with van der Waals surface area (Å²) in [5.74, 6) is 1.01. The number of pyridine rings is 1. The topological polar surface area (TPSA) is 24.9 Å². The molecule has 2 rings (SSSR count). The molecule has 0 aliphatic rings. The lowest BCUT2D eigenvalue weighted by Gasteiger charge is -2.12. The summed E-state index contributed by atoms with van der Waals surface area (Å²) in [6, 6.07) is 6.31. The zero-order valence-corrected chi connectivity index (χ0v) is 13.7. The first-order chi connectivity index (χ1) is 8.67. The maximum atomic E-state index is 4.76. The monoisotopic (exact) mass is 370 g/mol. The zero-order valence-electron chi connectivity index (χ0n) is 10.6. The van der Waals surface area contributed by atoms with Crippen LogP contribution in [0, 0.1) is 0 Å². The lowest BCUT2D eigenvalue weighted by molar-refractivity contribution is 0.915. The molecular weight excluding hydrogens is 356 g/mol. The maximum absolute atomic E-state index is 4.76. The molecule has 0 radical (unpaired) electrons. The van der Waals surface area contributed by atoms with Crippen molar-refractivity contribution in [2.75, 3.05) is 11.9 Å². The molecule has 0 bridgehead atoms. The smallest absolute Gasteiger partial charge is 0.129 e. The van der Waals surface area contributed by atoms with Crippen LogP contribution in [0.25, 0.3) is 10.9 Å². The maximum Gasteiger partial charge on any atom is 0.129 e. The molecule has 1 aromatic heterocycles. The minimum absolute atomic E-state index is 0.890. The van der Waals surface area contributed by atoms with Gasteiger partial charge in [-0.25, -0.2) is 4.98 Å². The highest BCUT2D eigenvalue weighted by atomic mass is 79.9. The van der Waals surface area contributed by atoms with Crippen molar-refractivity contribution >= 4 is 48.6 Å². The van der Waals surface area contributed by atoms with Crippen LogP contribution in [0.3, 0.4) is 0 Å². The Kier molecular flexibility index (Phi) is 4.62. The average Bonchev–Trinajstić information content (AvgIpc) is 2.36. The number of nitrogens with zero attached hydrogens (tertiary/aromatic N) is 1. The largest absolute Gasteiger partial charge is 0.370 e. The third kappa shape index (κ3) is 2.69. The molecule has 96 valence electrons. The molecule has 0 atom stereocenters. The second kappa shape index (κ2) is 6.02. The minimum atomic E-state index is 0.890.